The van der Waals surface area contributed by atoms with E-state index in [-0.39, 0.29) is 0 Å². The van der Waals surface area contributed by atoms with Crippen molar-refractivity contribution in [1.82, 2.24) is 14.7 Å². The standard InChI is InChI=1S/C14H21N3OS2/c18-14(10-13-11-19-8-9-20-13)16-6-2-12(3-7-16)17-5-1-4-15-17/h1,4-5,12-13H,2-3,6-11H2. The van der Waals surface area contributed by atoms with Crippen LogP contribution in [-0.2, 0) is 4.79 Å². The Morgan fingerprint density at radius 1 is 1.30 bits per heavy atom. The summed E-state index contributed by atoms with van der Waals surface area (Å²) in [4.78, 5) is 14.4. The van der Waals surface area contributed by atoms with Crippen LogP contribution in [0.15, 0.2) is 18.5 Å². The molecule has 1 amide bonds. The number of hydrogen-bond donors (Lipinski definition) is 0. The Bertz CT molecular complexity index is 424. The van der Waals surface area contributed by atoms with Crippen LogP contribution in [0.2, 0.25) is 0 Å². The molecule has 0 spiro atoms. The zero-order chi connectivity index (χ0) is 13.8. The molecule has 2 saturated heterocycles. The van der Waals surface area contributed by atoms with Gasteiger partial charge in [-0.25, -0.2) is 0 Å². The minimum absolute atomic E-state index is 0.351. The van der Waals surface area contributed by atoms with Crippen molar-refractivity contribution in [2.24, 2.45) is 0 Å². The zero-order valence-corrected chi connectivity index (χ0v) is 13.2. The van der Waals surface area contributed by atoms with E-state index in [0.29, 0.717) is 17.2 Å². The predicted molar refractivity (Wildman–Crippen MR) is 85.3 cm³/mol. The van der Waals surface area contributed by atoms with E-state index in [2.05, 4.69) is 10.00 Å². The summed E-state index contributed by atoms with van der Waals surface area (Å²) in [6, 6.07) is 2.43. The molecule has 0 aliphatic carbocycles. The molecule has 1 aromatic heterocycles. The molecule has 1 atom stereocenters. The van der Waals surface area contributed by atoms with E-state index >= 15 is 0 Å². The Labute approximate surface area is 128 Å². The number of carbonyl (C=O) groups is 1. The lowest BCUT2D eigenvalue weighted by Crippen LogP contribution is -2.40. The third-order valence-corrected chi connectivity index (χ3v) is 6.85. The molecule has 0 saturated carbocycles. The van der Waals surface area contributed by atoms with Gasteiger partial charge in [-0.15, -0.1) is 0 Å². The van der Waals surface area contributed by atoms with Gasteiger partial charge in [-0.1, -0.05) is 0 Å². The molecular formula is C14H21N3OS2. The third-order valence-electron chi connectivity index (χ3n) is 4.00. The average Bonchev–Trinajstić information content (AvgIpc) is 3.03. The van der Waals surface area contributed by atoms with E-state index in [1.165, 1.54) is 11.5 Å². The van der Waals surface area contributed by atoms with E-state index in [1.807, 2.05) is 46.7 Å². The van der Waals surface area contributed by atoms with Gasteiger partial charge in [0.25, 0.3) is 0 Å². The molecular weight excluding hydrogens is 290 g/mol. The van der Waals surface area contributed by atoms with Crippen LogP contribution in [0.25, 0.3) is 0 Å². The van der Waals surface area contributed by atoms with Crippen LogP contribution < -0.4 is 0 Å². The highest BCUT2D eigenvalue weighted by atomic mass is 32.2. The molecule has 110 valence electrons. The van der Waals surface area contributed by atoms with Gasteiger partial charge in [0.1, 0.15) is 0 Å². The molecule has 3 rings (SSSR count). The third kappa shape index (κ3) is 3.52. The van der Waals surface area contributed by atoms with Crippen molar-refractivity contribution in [2.45, 2.75) is 30.6 Å². The molecule has 1 unspecified atom stereocenters. The first kappa shape index (κ1) is 14.3. The molecule has 3 heterocycles. The van der Waals surface area contributed by atoms with Crippen LogP contribution in [0.3, 0.4) is 0 Å². The van der Waals surface area contributed by atoms with Crippen molar-refractivity contribution >= 4 is 29.4 Å². The van der Waals surface area contributed by atoms with E-state index < -0.39 is 0 Å². The van der Waals surface area contributed by atoms with Crippen LogP contribution in [0.4, 0.5) is 0 Å². The summed E-state index contributed by atoms with van der Waals surface area (Å²) in [6.45, 7) is 1.77. The van der Waals surface area contributed by atoms with Crippen molar-refractivity contribution < 1.29 is 4.79 Å². The van der Waals surface area contributed by atoms with Gasteiger partial charge >= 0.3 is 0 Å². The fraction of sp³-hybridized carbons (Fsp3) is 0.714. The maximum Gasteiger partial charge on any atom is 0.223 e. The van der Waals surface area contributed by atoms with Crippen molar-refractivity contribution in [3.63, 3.8) is 0 Å². The van der Waals surface area contributed by atoms with Gasteiger partial charge in [0.2, 0.25) is 5.91 Å². The molecule has 2 aliphatic rings. The summed E-state index contributed by atoms with van der Waals surface area (Å²) in [6.07, 6.45) is 6.64. The molecule has 2 aliphatic heterocycles. The number of piperidine rings is 1. The average molecular weight is 311 g/mol. The minimum Gasteiger partial charge on any atom is -0.343 e. The monoisotopic (exact) mass is 311 g/mol. The maximum absolute atomic E-state index is 12.3. The Kier molecular flexibility index (Phi) is 4.94. The molecule has 4 nitrogen and oxygen atoms in total. The lowest BCUT2D eigenvalue weighted by atomic mass is 10.0. The number of amides is 1. The zero-order valence-electron chi connectivity index (χ0n) is 11.6. The summed E-state index contributed by atoms with van der Waals surface area (Å²) < 4.78 is 2.04. The Balaban J connectivity index is 1.46. The number of thioether (sulfide) groups is 2. The number of carbonyl (C=O) groups excluding carboxylic acids is 1. The summed E-state index contributed by atoms with van der Waals surface area (Å²) in [5.74, 6) is 3.93. The lowest BCUT2D eigenvalue weighted by molar-refractivity contribution is -0.132. The summed E-state index contributed by atoms with van der Waals surface area (Å²) in [5, 5.41) is 4.84. The number of hydrogen-bond acceptors (Lipinski definition) is 4. The Hall–Kier alpha value is -0.620. The van der Waals surface area contributed by atoms with E-state index in [0.717, 1.165) is 38.1 Å². The molecule has 0 bridgehead atoms. The van der Waals surface area contributed by atoms with Gasteiger partial charge in [0.05, 0.1) is 6.04 Å². The van der Waals surface area contributed by atoms with Gasteiger partial charge < -0.3 is 4.90 Å². The second kappa shape index (κ2) is 6.89. The quantitative estimate of drug-likeness (QED) is 0.858. The van der Waals surface area contributed by atoms with E-state index in [1.54, 1.807) is 0 Å². The van der Waals surface area contributed by atoms with Crippen LogP contribution in [-0.4, -0.2) is 56.2 Å². The molecule has 20 heavy (non-hydrogen) atoms. The minimum atomic E-state index is 0.351. The van der Waals surface area contributed by atoms with Gasteiger partial charge in [-0.05, 0) is 18.9 Å². The molecule has 0 aromatic carbocycles. The summed E-state index contributed by atoms with van der Waals surface area (Å²) in [7, 11) is 0. The van der Waals surface area contributed by atoms with Crippen molar-refractivity contribution in [1.29, 1.82) is 0 Å². The Morgan fingerprint density at radius 3 is 2.80 bits per heavy atom. The second-order valence-corrected chi connectivity index (χ2v) is 7.93. The Morgan fingerprint density at radius 2 is 2.15 bits per heavy atom. The first-order valence-corrected chi connectivity index (χ1v) is 9.49. The fourth-order valence-electron chi connectivity index (χ4n) is 2.85. The van der Waals surface area contributed by atoms with E-state index in [4.69, 9.17) is 0 Å². The lowest BCUT2D eigenvalue weighted by Gasteiger charge is -2.33. The normalized spacial score (nSPS) is 24.8. The molecule has 1 aromatic rings. The van der Waals surface area contributed by atoms with E-state index in [9.17, 15) is 4.79 Å². The topological polar surface area (TPSA) is 38.1 Å². The van der Waals surface area contributed by atoms with Crippen LogP contribution in [0.5, 0.6) is 0 Å². The van der Waals surface area contributed by atoms with Gasteiger partial charge in [-0.2, -0.15) is 28.6 Å². The summed E-state index contributed by atoms with van der Waals surface area (Å²) in [5.41, 5.74) is 0. The molecule has 0 N–H and O–H groups in total. The van der Waals surface area contributed by atoms with Gasteiger partial charge in [0.15, 0.2) is 0 Å². The first-order chi connectivity index (χ1) is 9.83. The van der Waals surface area contributed by atoms with Gasteiger partial charge in [-0.3, -0.25) is 9.48 Å². The van der Waals surface area contributed by atoms with Crippen LogP contribution >= 0.6 is 23.5 Å². The highest BCUT2D eigenvalue weighted by Crippen LogP contribution is 2.28. The summed E-state index contributed by atoms with van der Waals surface area (Å²) >= 11 is 3.96. The highest BCUT2D eigenvalue weighted by Gasteiger charge is 2.26. The van der Waals surface area contributed by atoms with Crippen molar-refractivity contribution in [2.75, 3.05) is 30.3 Å². The number of likely N-dealkylation sites (tertiary alicyclic amines) is 1. The predicted octanol–water partition coefficient (Wildman–Crippen LogP) is 2.29. The number of rotatable bonds is 3. The molecule has 6 heteroatoms. The number of aromatic nitrogens is 2. The molecule has 2 fully saturated rings. The van der Waals surface area contributed by atoms with Crippen molar-refractivity contribution in [3.05, 3.63) is 18.5 Å². The highest BCUT2D eigenvalue weighted by molar-refractivity contribution is 8.06. The molecule has 0 radical (unpaired) electrons. The smallest absolute Gasteiger partial charge is 0.223 e. The first-order valence-electron chi connectivity index (χ1n) is 7.29. The van der Waals surface area contributed by atoms with Gasteiger partial charge in [0, 0.05) is 54.4 Å². The largest absolute Gasteiger partial charge is 0.343 e. The maximum atomic E-state index is 12.3. The van der Waals surface area contributed by atoms with Crippen LogP contribution in [0, 0.1) is 0 Å². The SMILES string of the molecule is O=C(CC1CSCCS1)N1CCC(n2cccn2)CC1. The van der Waals surface area contributed by atoms with Crippen molar-refractivity contribution in [3.8, 4) is 0 Å². The van der Waals surface area contributed by atoms with Crippen LogP contribution in [0.1, 0.15) is 25.3 Å². The second-order valence-electron chi connectivity index (χ2n) is 5.37. The number of nitrogens with zero attached hydrogens (tertiary/aromatic N) is 3. The fourth-order valence-corrected chi connectivity index (χ4v) is 5.53.